The molecule has 0 aliphatic rings. The Bertz CT molecular complexity index is 1450. The molecule has 0 fully saturated rings. The number of amides is 1. The molecule has 4 aromatic rings. The van der Waals surface area contributed by atoms with E-state index in [0.29, 0.717) is 16.7 Å². The van der Waals surface area contributed by atoms with Gasteiger partial charge in [0, 0.05) is 34.4 Å². The minimum atomic E-state index is -1.08. The number of hydrogen-bond acceptors (Lipinski definition) is 5. The van der Waals surface area contributed by atoms with Crippen molar-refractivity contribution in [3.8, 4) is 11.1 Å². The number of aliphatic carboxylic acids is 1. The standard InChI is InChI=1S/C27H27NO6/c1-14(2)25(26(30)31)28-23(29)11-10-18-15(3)19-12-20-22(13-21(19)34-27(18)32)33-16(4)24(20)17-8-6-5-7-9-17/h5-9,12-14,25H,10-11H2,1-4H3,(H,28,29)(H,30,31). The van der Waals surface area contributed by atoms with E-state index in [1.54, 1.807) is 19.9 Å². The number of carboxylic acids is 1. The van der Waals surface area contributed by atoms with E-state index in [4.69, 9.17) is 8.83 Å². The number of carbonyl (C=O) groups is 2. The maximum absolute atomic E-state index is 12.7. The molecule has 7 nitrogen and oxygen atoms in total. The SMILES string of the molecule is Cc1oc2cc3oc(=O)c(CCC(=O)NC(C(=O)O)C(C)C)c(C)c3cc2c1-c1ccccc1. The number of nitrogens with one attached hydrogen (secondary N) is 1. The summed E-state index contributed by atoms with van der Waals surface area (Å²) in [7, 11) is 0. The van der Waals surface area contributed by atoms with E-state index in [-0.39, 0.29) is 18.8 Å². The maximum atomic E-state index is 12.7. The van der Waals surface area contributed by atoms with E-state index >= 15 is 0 Å². The number of carboxylic acid groups (broad SMARTS) is 1. The molecule has 0 spiro atoms. The van der Waals surface area contributed by atoms with E-state index in [9.17, 15) is 19.5 Å². The van der Waals surface area contributed by atoms with Gasteiger partial charge in [-0.3, -0.25) is 4.79 Å². The Morgan fingerprint density at radius 1 is 1.00 bits per heavy atom. The maximum Gasteiger partial charge on any atom is 0.339 e. The zero-order chi connectivity index (χ0) is 24.6. The van der Waals surface area contributed by atoms with Gasteiger partial charge < -0.3 is 19.3 Å². The van der Waals surface area contributed by atoms with Crippen molar-refractivity contribution in [1.82, 2.24) is 5.32 Å². The molecule has 7 heteroatoms. The number of hydrogen-bond donors (Lipinski definition) is 2. The fraction of sp³-hybridized carbons (Fsp3) is 0.296. The number of furan rings is 1. The van der Waals surface area contributed by atoms with Gasteiger partial charge in [0.05, 0.1) is 0 Å². The Labute approximate surface area is 196 Å². The van der Waals surface area contributed by atoms with Crippen LogP contribution in [0.4, 0.5) is 0 Å². The molecule has 176 valence electrons. The quantitative estimate of drug-likeness (QED) is 0.376. The third-order valence-electron chi connectivity index (χ3n) is 6.19. The highest BCUT2D eigenvalue weighted by Gasteiger charge is 2.24. The lowest BCUT2D eigenvalue weighted by Gasteiger charge is -2.17. The van der Waals surface area contributed by atoms with Crippen molar-refractivity contribution < 1.29 is 23.5 Å². The van der Waals surface area contributed by atoms with Crippen LogP contribution < -0.4 is 10.9 Å². The lowest BCUT2D eigenvalue weighted by molar-refractivity contribution is -0.143. The Morgan fingerprint density at radius 3 is 2.32 bits per heavy atom. The number of rotatable bonds is 7. The van der Waals surface area contributed by atoms with Crippen LogP contribution in [0.15, 0.2) is 56.1 Å². The van der Waals surface area contributed by atoms with E-state index in [2.05, 4.69) is 5.32 Å². The predicted octanol–water partition coefficient (Wildman–Crippen LogP) is 4.98. The van der Waals surface area contributed by atoms with E-state index in [1.807, 2.05) is 50.2 Å². The summed E-state index contributed by atoms with van der Waals surface area (Å²) < 4.78 is 11.5. The molecular formula is C27H27NO6. The number of carbonyl (C=O) groups excluding carboxylic acids is 1. The highest BCUT2D eigenvalue weighted by molar-refractivity contribution is 6.03. The first-order valence-corrected chi connectivity index (χ1v) is 11.2. The third kappa shape index (κ3) is 4.33. The van der Waals surface area contributed by atoms with Crippen LogP contribution in [0.5, 0.6) is 0 Å². The molecule has 34 heavy (non-hydrogen) atoms. The lowest BCUT2D eigenvalue weighted by Crippen LogP contribution is -2.44. The highest BCUT2D eigenvalue weighted by Crippen LogP contribution is 2.37. The lowest BCUT2D eigenvalue weighted by atomic mass is 9.98. The first kappa shape index (κ1) is 23.3. The molecule has 0 bridgehead atoms. The summed E-state index contributed by atoms with van der Waals surface area (Å²) >= 11 is 0. The first-order chi connectivity index (χ1) is 16.2. The van der Waals surface area contributed by atoms with Gasteiger partial charge in [0.15, 0.2) is 0 Å². The van der Waals surface area contributed by atoms with Gasteiger partial charge in [-0.15, -0.1) is 0 Å². The summed E-state index contributed by atoms with van der Waals surface area (Å²) in [6.45, 7) is 7.19. The number of benzene rings is 2. The second-order valence-electron chi connectivity index (χ2n) is 8.86. The molecule has 2 N–H and O–H groups in total. The molecule has 1 amide bonds. The first-order valence-electron chi connectivity index (χ1n) is 11.2. The Morgan fingerprint density at radius 2 is 1.68 bits per heavy atom. The van der Waals surface area contributed by atoms with Gasteiger partial charge >= 0.3 is 11.6 Å². The van der Waals surface area contributed by atoms with Crippen LogP contribution in [0.2, 0.25) is 0 Å². The topological polar surface area (TPSA) is 110 Å². The van der Waals surface area contributed by atoms with E-state index in [0.717, 1.165) is 33.2 Å². The van der Waals surface area contributed by atoms with Crippen molar-refractivity contribution in [2.24, 2.45) is 5.92 Å². The number of fused-ring (bicyclic) bond motifs is 2. The smallest absolute Gasteiger partial charge is 0.339 e. The second-order valence-corrected chi connectivity index (χ2v) is 8.86. The Balaban J connectivity index is 1.70. The van der Waals surface area contributed by atoms with Crippen LogP contribution in [0, 0.1) is 19.8 Å². The van der Waals surface area contributed by atoms with Gasteiger partial charge in [0.2, 0.25) is 5.91 Å². The van der Waals surface area contributed by atoms with E-state index < -0.39 is 23.5 Å². The van der Waals surface area contributed by atoms with Gasteiger partial charge in [-0.05, 0) is 43.4 Å². The normalized spacial score (nSPS) is 12.4. The van der Waals surface area contributed by atoms with Crippen molar-refractivity contribution in [2.45, 2.75) is 46.6 Å². The fourth-order valence-electron chi connectivity index (χ4n) is 4.35. The van der Waals surface area contributed by atoms with Crippen molar-refractivity contribution in [2.75, 3.05) is 0 Å². The van der Waals surface area contributed by atoms with Gasteiger partial charge in [0.1, 0.15) is 23.0 Å². The zero-order valence-electron chi connectivity index (χ0n) is 19.6. The molecule has 0 radical (unpaired) electrons. The van der Waals surface area contributed by atoms with Crippen LogP contribution in [0.3, 0.4) is 0 Å². The molecular weight excluding hydrogens is 434 g/mol. The third-order valence-corrected chi connectivity index (χ3v) is 6.19. The van der Waals surface area contributed by atoms with Crippen LogP contribution in [0.1, 0.15) is 37.2 Å². The van der Waals surface area contributed by atoms with Crippen LogP contribution >= 0.6 is 0 Å². The molecule has 1 unspecified atom stereocenters. The van der Waals surface area contributed by atoms with Crippen LogP contribution in [-0.4, -0.2) is 23.0 Å². The minimum absolute atomic E-state index is 0.0179. The van der Waals surface area contributed by atoms with Crippen molar-refractivity contribution in [3.63, 3.8) is 0 Å². The van der Waals surface area contributed by atoms with Crippen molar-refractivity contribution >= 4 is 33.8 Å². The predicted molar refractivity (Wildman–Crippen MR) is 130 cm³/mol. The minimum Gasteiger partial charge on any atom is -0.480 e. The Hall–Kier alpha value is -3.87. The van der Waals surface area contributed by atoms with Gasteiger partial charge in [0.25, 0.3) is 0 Å². The molecule has 1 atom stereocenters. The fourth-order valence-corrected chi connectivity index (χ4v) is 4.35. The summed E-state index contributed by atoms with van der Waals surface area (Å²) in [4.78, 5) is 36.5. The van der Waals surface area contributed by atoms with E-state index in [1.165, 1.54) is 0 Å². The zero-order valence-corrected chi connectivity index (χ0v) is 19.6. The van der Waals surface area contributed by atoms with Crippen LogP contribution in [-0.2, 0) is 16.0 Å². The number of aryl methyl sites for hydroxylation is 2. The molecule has 0 aliphatic heterocycles. The van der Waals surface area contributed by atoms with Crippen molar-refractivity contribution in [1.29, 1.82) is 0 Å². The summed E-state index contributed by atoms with van der Waals surface area (Å²) in [5.41, 5.74) is 3.69. The van der Waals surface area contributed by atoms with Crippen molar-refractivity contribution in [3.05, 3.63) is 69.8 Å². The van der Waals surface area contributed by atoms with Gasteiger partial charge in [-0.1, -0.05) is 44.2 Å². The average molecular weight is 462 g/mol. The Kier molecular flexibility index (Phi) is 6.28. The highest BCUT2D eigenvalue weighted by atomic mass is 16.4. The summed E-state index contributed by atoms with van der Waals surface area (Å²) in [6, 6.07) is 12.6. The summed E-state index contributed by atoms with van der Waals surface area (Å²) in [5, 5.41) is 13.5. The molecule has 0 aliphatic carbocycles. The monoisotopic (exact) mass is 461 g/mol. The summed E-state index contributed by atoms with van der Waals surface area (Å²) in [5.74, 6) is -0.995. The average Bonchev–Trinajstić information content (AvgIpc) is 3.10. The van der Waals surface area contributed by atoms with Gasteiger partial charge in [-0.2, -0.15) is 0 Å². The second kappa shape index (κ2) is 9.17. The molecule has 2 heterocycles. The molecule has 2 aromatic carbocycles. The van der Waals surface area contributed by atoms with Gasteiger partial charge in [-0.25, -0.2) is 9.59 Å². The molecule has 0 saturated heterocycles. The molecule has 2 aromatic heterocycles. The van der Waals surface area contributed by atoms with Crippen LogP contribution in [0.25, 0.3) is 33.1 Å². The molecule has 4 rings (SSSR count). The summed E-state index contributed by atoms with van der Waals surface area (Å²) in [6.07, 6.45) is 0.129. The largest absolute Gasteiger partial charge is 0.480 e. The molecule has 0 saturated carbocycles.